The van der Waals surface area contributed by atoms with Gasteiger partial charge in [-0.05, 0) is 6.07 Å². The van der Waals surface area contributed by atoms with Crippen LogP contribution in [0, 0.1) is 0 Å². The Kier molecular flexibility index (Phi) is 5.23. The first kappa shape index (κ1) is 19.5. The number of H-pyrrole nitrogens is 1. The monoisotopic (exact) mass is 421 g/mol. The van der Waals surface area contributed by atoms with Gasteiger partial charge >= 0.3 is 0 Å². The predicted molar refractivity (Wildman–Crippen MR) is 115 cm³/mol. The quantitative estimate of drug-likeness (QED) is 0.454. The van der Waals surface area contributed by atoms with Crippen LogP contribution in [-0.2, 0) is 9.47 Å². The average molecular weight is 421 g/mol. The van der Waals surface area contributed by atoms with Gasteiger partial charge in [-0.3, -0.25) is 9.89 Å². The van der Waals surface area contributed by atoms with Gasteiger partial charge in [0.25, 0.3) is 5.91 Å². The fourth-order valence-electron chi connectivity index (χ4n) is 3.76. The summed E-state index contributed by atoms with van der Waals surface area (Å²) >= 11 is 0. The third kappa shape index (κ3) is 3.71. The lowest BCUT2D eigenvalue weighted by Gasteiger charge is -2.28. The molecule has 2 N–H and O–H groups in total. The van der Waals surface area contributed by atoms with E-state index in [0.29, 0.717) is 50.8 Å². The van der Waals surface area contributed by atoms with E-state index in [1.165, 1.54) is 0 Å². The van der Waals surface area contributed by atoms with Gasteiger partial charge in [-0.2, -0.15) is 5.10 Å². The Bertz CT molecular complexity index is 1230. The van der Waals surface area contributed by atoms with Crippen molar-refractivity contribution in [3.63, 3.8) is 0 Å². The summed E-state index contributed by atoms with van der Waals surface area (Å²) in [6.45, 7) is 3.54. The Hall–Kier alpha value is -3.50. The number of anilines is 1. The van der Waals surface area contributed by atoms with Crippen LogP contribution in [0.4, 0.5) is 5.82 Å². The minimum atomic E-state index is -0.243. The van der Waals surface area contributed by atoms with Crippen molar-refractivity contribution >= 4 is 28.3 Å². The Balaban J connectivity index is 1.62. The Morgan fingerprint density at radius 3 is 2.97 bits per heavy atom. The van der Waals surface area contributed by atoms with Crippen molar-refractivity contribution in [2.24, 2.45) is 0 Å². The van der Waals surface area contributed by atoms with Crippen LogP contribution in [0.5, 0.6) is 0 Å². The number of rotatable bonds is 6. The molecule has 1 fully saturated rings. The molecule has 0 atom stereocenters. The highest BCUT2D eigenvalue weighted by Crippen LogP contribution is 2.30. The van der Waals surface area contributed by atoms with Crippen molar-refractivity contribution in [2.75, 3.05) is 51.5 Å². The Morgan fingerprint density at radius 1 is 1.26 bits per heavy atom. The van der Waals surface area contributed by atoms with E-state index in [1.807, 2.05) is 28.8 Å². The average Bonchev–Trinajstić information content (AvgIpc) is 3.46. The molecular weight excluding hydrogens is 398 g/mol. The molecule has 1 aliphatic heterocycles. The van der Waals surface area contributed by atoms with E-state index < -0.39 is 0 Å². The van der Waals surface area contributed by atoms with E-state index in [-0.39, 0.29) is 5.91 Å². The van der Waals surface area contributed by atoms with Crippen molar-refractivity contribution < 1.29 is 14.3 Å². The van der Waals surface area contributed by atoms with Gasteiger partial charge in [0.15, 0.2) is 11.5 Å². The summed E-state index contributed by atoms with van der Waals surface area (Å²) in [6, 6.07) is 5.97. The Labute approximate surface area is 178 Å². The number of aromatic nitrogens is 5. The van der Waals surface area contributed by atoms with Crippen molar-refractivity contribution in [1.29, 1.82) is 0 Å². The summed E-state index contributed by atoms with van der Waals surface area (Å²) in [5, 5.41) is 11.0. The van der Waals surface area contributed by atoms with Crippen LogP contribution in [0.15, 0.2) is 36.8 Å². The molecule has 10 nitrogen and oxygen atoms in total. The Morgan fingerprint density at radius 2 is 2.13 bits per heavy atom. The van der Waals surface area contributed by atoms with Crippen molar-refractivity contribution in [3.8, 4) is 11.3 Å². The summed E-state index contributed by atoms with van der Waals surface area (Å²) in [6.07, 6.45) is 5.44. The number of nitrogens with one attached hydrogen (secondary N) is 2. The minimum Gasteiger partial charge on any atom is -0.383 e. The zero-order chi connectivity index (χ0) is 21.2. The third-order valence-corrected chi connectivity index (χ3v) is 5.32. The largest absolute Gasteiger partial charge is 0.383 e. The van der Waals surface area contributed by atoms with E-state index >= 15 is 0 Å². The molecule has 10 heteroatoms. The molecular formula is C21H23N7O3. The summed E-state index contributed by atoms with van der Waals surface area (Å²) in [5.41, 5.74) is 3.66. The number of hydrogen-bond donors (Lipinski definition) is 2. The molecule has 160 valence electrons. The smallest absolute Gasteiger partial charge is 0.271 e. The number of aromatic amines is 1. The van der Waals surface area contributed by atoms with E-state index in [1.54, 1.807) is 19.5 Å². The molecule has 4 heterocycles. The van der Waals surface area contributed by atoms with Gasteiger partial charge in [-0.1, -0.05) is 12.1 Å². The lowest BCUT2D eigenvalue weighted by molar-refractivity contribution is 0.0932. The number of carbonyl (C=O) groups is 1. The van der Waals surface area contributed by atoms with Crippen LogP contribution in [0.1, 0.15) is 10.5 Å². The molecule has 0 saturated carbocycles. The van der Waals surface area contributed by atoms with Gasteiger partial charge in [-0.15, -0.1) is 0 Å². The van der Waals surface area contributed by atoms with Gasteiger partial charge in [0, 0.05) is 50.1 Å². The number of fused-ring (bicyclic) bond motifs is 2. The van der Waals surface area contributed by atoms with Gasteiger partial charge in [0.05, 0.1) is 37.2 Å². The zero-order valence-electron chi connectivity index (χ0n) is 17.2. The number of imidazole rings is 1. The molecule has 1 saturated heterocycles. The van der Waals surface area contributed by atoms with Gasteiger partial charge < -0.3 is 24.1 Å². The highest BCUT2D eigenvalue weighted by atomic mass is 16.5. The van der Waals surface area contributed by atoms with Crippen molar-refractivity contribution in [1.82, 2.24) is 29.9 Å². The molecule has 4 aromatic rings. The van der Waals surface area contributed by atoms with Crippen LogP contribution < -0.4 is 10.2 Å². The van der Waals surface area contributed by atoms with Crippen LogP contribution in [0.2, 0.25) is 0 Å². The van der Waals surface area contributed by atoms with Crippen LogP contribution >= 0.6 is 0 Å². The highest BCUT2D eigenvalue weighted by molar-refractivity contribution is 5.95. The number of benzene rings is 1. The number of amides is 1. The van der Waals surface area contributed by atoms with Gasteiger partial charge in [0.1, 0.15) is 5.69 Å². The number of carbonyl (C=O) groups excluding carboxylic acids is 1. The van der Waals surface area contributed by atoms with Gasteiger partial charge in [-0.25, -0.2) is 9.97 Å². The summed E-state index contributed by atoms with van der Waals surface area (Å²) in [5.74, 6) is 0.490. The summed E-state index contributed by atoms with van der Waals surface area (Å²) < 4.78 is 12.4. The van der Waals surface area contributed by atoms with E-state index in [2.05, 4.69) is 25.4 Å². The molecule has 1 aromatic carbocycles. The van der Waals surface area contributed by atoms with Crippen molar-refractivity contribution in [3.05, 3.63) is 42.5 Å². The number of methoxy groups -OCH3 is 1. The fraction of sp³-hybridized carbons (Fsp3) is 0.333. The lowest BCUT2D eigenvalue weighted by Crippen LogP contribution is -2.37. The van der Waals surface area contributed by atoms with Crippen LogP contribution in [0.3, 0.4) is 0 Å². The maximum Gasteiger partial charge on any atom is 0.271 e. The summed E-state index contributed by atoms with van der Waals surface area (Å²) in [7, 11) is 1.60. The summed E-state index contributed by atoms with van der Waals surface area (Å²) in [4.78, 5) is 24.3. The van der Waals surface area contributed by atoms with Gasteiger partial charge in [0.2, 0.25) is 0 Å². The molecule has 3 aromatic heterocycles. The van der Waals surface area contributed by atoms with E-state index in [0.717, 1.165) is 28.0 Å². The second-order valence-electron chi connectivity index (χ2n) is 7.29. The second kappa shape index (κ2) is 8.32. The first-order chi connectivity index (χ1) is 15.2. The predicted octanol–water partition coefficient (Wildman–Crippen LogP) is 1.49. The molecule has 0 bridgehead atoms. The second-order valence-corrected chi connectivity index (χ2v) is 7.29. The van der Waals surface area contributed by atoms with E-state index in [9.17, 15) is 4.79 Å². The standard InChI is InChI=1S/C21H23N7O3/c1-30-8-5-22-21(29)18-13-28-12-17(14-3-2-4-16-15(14)11-23-26-16)24-19(20(28)25-18)27-6-9-31-10-7-27/h2-4,11-13H,5-10H2,1H3,(H,22,29)(H,23,26). The number of nitrogens with zero attached hydrogens (tertiary/aromatic N) is 5. The number of hydrogen-bond acceptors (Lipinski definition) is 7. The molecule has 0 aliphatic carbocycles. The van der Waals surface area contributed by atoms with Crippen LogP contribution in [-0.4, -0.2) is 77.0 Å². The molecule has 5 rings (SSSR count). The third-order valence-electron chi connectivity index (χ3n) is 5.32. The van der Waals surface area contributed by atoms with Crippen molar-refractivity contribution in [2.45, 2.75) is 0 Å². The van der Waals surface area contributed by atoms with Crippen LogP contribution in [0.25, 0.3) is 27.8 Å². The molecule has 31 heavy (non-hydrogen) atoms. The molecule has 0 radical (unpaired) electrons. The molecule has 0 spiro atoms. The number of ether oxygens (including phenoxy) is 2. The number of morpholine rings is 1. The first-order valence-electron chi connectivity index (χ1n) is 10.2. The zero-order valence-corrected chi connectivity index (χ0v) is 17.2. The topological polar surface area (TPSA) is 110 Å². The first-order valence-corrected chi connectivity index (χ1v) is 10.2. The molecule has 0 unspecified atom stereocenters. The molecule has 1 aliphatic rings. The maximum absolute atomic E-state index is 12.6. The molecule has 1 amide bonds. The van der Waals surface area contributed by atoms with E-state index in [4.69, 9.17) is 14.5 Å². The fourth-order valence-corrected chi connectivity index (χ4v) is 3.76. The highest BCUT2D eigenvalue weighted by Gasteiger charge is 2.21. The minimum absolute atomic E-state index is 0.243. The lowest BCUT2D eigenvalue weighted by atomic mass is 10.1. The SMILES string of the molecule is COCCNC(=O)c1cn2cc(-c3cccc4[nH]ncc34)nc(N3CCOCC3)c2n1. The maximum atomic E-state index is 12.6. The normalized spacial score (nSPS) is 14.4.